The molecule has 8 nitrogen and oxygen atoms in total. The minimum atomic E-state index is -3.23. The first-order valence-electron chi connectivity index (χ1n) is 7.58. The molecule has 3 N–H and O–H groups in total. The van der Waals surface area contributed by atoms with E-state index in [1.165, 1.54) is 18.4 Å². The van der Waals surface area contributed by atoms with Crippen LogP contribution in [0, 0.1) is 0 Å². The van der Waals surface area contributed by atoms with Crippen molar-refractivity contribution >= 4 is 15.8 Å². The number of hydrogen-bond acceptors (Lipinski definition) is 7. The summed E-state index contributed by atoms with van der Waals surface area (Å²) < 4.78 is 29.9. The van der Waals surface area contributed by atoms with Crippen molar-refractivity contribution in [3.8, 4) is 0 Å². The number of ether oxygens (including phenoxy) is 1. The van der Waals surface area contributed by atoms with E-state index in [-0.39, 0.29) is 18.3 Å². The Morgan fingerprint density at radius 2 is 2.09 bits per heavy atom. The molecule has 0 spiro atoms. The van der Waals surface area contributed by atoms with E-state index < -0.39 is 10.0 Å². The molecule has 1 heterocycles. The number of rotatable bonds is 8. The number of sulfonamides is 1. The highest BCUT2D eigenvalue weighted by Gasteiger charge is 2.29. The maximum Gasteiger partial charge on any atom is 0.215 e. The van der Waals surface area contributed by atoms with Crippen LogP contribution >= 0.6 is 0 Å². The van der Waals surface area contributed by atoms with Gasteiger partial charge in [0.05, 0.1) is 5.75 Å². The zero-order chi connectivity index (χ0) is 17.0. The Bertz CT molecular complexity index is 629. The molecule has 0 aromatic carbocycles. The van der Waals surface area contributed by atoms with Crippen LogP contribution in [0.1, 0.15) is 30.3 Å². The van der Waals surface area contributed by atoms with Gasteiger partial charge in [-0.3, -0.25) is 0 Å². The lowest BCUT2D eigenvalue weighted by atomic mass is 9.78. The average Bonchev–Trinajstić information content (AvgIpc) is 2.43. The molecular formula is C14H25N5O3S. The van der Waals surface area contributed by atoms with Crippen molar-refractivity contribution < 1.29 is 13.2 Å². The Morgan fingerprint density at radius 1 is 1.39 bits per heavy atom. The molecule has 1 saturated carbocycles. The largest absolute Gasteiger partial charge is 0.377 e. The summed E-state index contributed by atoms with van der Waals surface area (Å²) in [6, 6.07) is 2.11. The zero-order valence-electron chi connectivity index (χ0n) is 13.8. The third kappa shape index (κ3) is 4.84. The van der Waals surface area contributed by atoms with Crippen LogP contribution in [0.15, 0.2) is 6.07 Å². The summed E-state index contributed by atoms with van der Waals surface area (Å²) in [7, 11) is 1.40. The Kier molecular flexibility index (Phi) is 5.90. The molecule has 1 aliphatic carbocycles. The zero-order valence-corrected chi connectivity index (χ0v) is 14.6. The Labute approximate surface area is 137 Å². The van der Waals surface area contributed by atoms with Crippen molar-refractivity contribution in [2.24, 2.45) is 5.73 Å². The molecule has 130 valence electrons. The second kappa shape index (κ2) is 7.52. The second-order valence-electron chi connectivity index (χ2n) is 5.98. The van der Waals surface area contributed by atoms with Crippen molar-refractivity contribution in [1.82, 2.24) is 14.3 Å². The van der Waals surface area contributed by atoms with Gasteiger partial charge in [-0.05, 0) is 12.8 Å². The number of nitrogens with one attached hydrogen (secondary N) is 1. The van der Waals surface area contributed by atoms with E-state index in [1.54, 1.807) is 7.11 Å². The topological polar surface area (TPSA) is 110 Å². The van der Waals surface area contributed by atoms with Crippen LogP contribution in [0.3, 0.4) is 0 Å². The molecule has 0 atom stereocenters. The van der Waals surface area contributed by atoms with Crippen LogP contribution in [0.25, 0.3) is 0 Å². The smallest absolute Gasteiger partial charge is 0.215 e. The van der Waals surface area contributed by atoms with Gasteiger partial charge >= 0.3 is 0 Å². The molecule has 0 radical (unpaired) electrons. The lowest BCUT2D eigenvalue weighted by molar-refractivity contribution is 0.177. The lowest BCUT2D eigenvalue weighted by Gasteiger charge is -2.32. The van der Waals surface area contributed by atoms with Gasteiger partial charge in [0.1, 0.15) is 12.4 Å². The predicted octanol–water partition coefficient (Wildman–Crippen LogP) is 0.131. The Morgan fingerprint density at radius 3 is 2.65 bits per heavy atom. The molecule has 1 aliphatic rings. The van der Waals surface area contributed by atoms with E-state index >= 15 is 0 Å². The van der Waals surface area contributed by atoms with Gasteiger partial charge < -0.3 is 15.8 Å². The van der Waals surface area contributed by atoms with Gasteiger partial charge in [0, 0.05) is 51.5 Å². The number of hydrogen-bond donors (Lipinski definition) is 2. The van der Waals surface area contributed by atoms with Gasteiger partial charge in [-0.2, -0.15) is 0 Å². The highest BCUT2D eigenvalue weighted by molar-refractivity contribution is 7.89. The van der Waals surface area contributed by atoms with Crippen LogP contribution in [0.5, 0.6) is 0 Å². The summed E-state index contributed by atoms with van der Waals surface area (Å²) >= 11 is 0. The number of nitrogens with two attached hydrogens (primary N) is 1. The number of aromatic nitrogens is 2. The molecule has 1 fully saturated rings. The van der Waals surface area contributed by atoms with E-state index in [2.05, 4.69) is 15.3 Å². The van der Waals surface area contributed by atoms with Crippen molar-refractivity contribution in [1.29, 1.82) is 0 Å². The van der Waals surface area contributed by atoms with E-state index in [0.717, 1.165) is 18.5 Å². The highest BCUT2D eigenvalue weighted by Crippen LogP contribution is 2.35. The standard InChI is InChI=1S/C14H25N5O3S/c1-19(2)23(20,21)5-4-16-13-8-12(10-6-11(15)7-10)17-14(18-13)9-22-3/h8,10-11H,4-7,9,15H2,1-3H3,(H,16,17,18). The predicted molar refractivity (Wildman–Crippen MR) is 88.7 cm³/mol. The molecule has 1 aromatic rings. The molecule has 0 amide bonds. The quantitative estimate of drug-likeness (QED) is 0.690. The maximum absolute atomic E-state index is 11.8. The molecule has 1 aromatic heterocycles. The van der Waals surface area contributed by atoms with Gasteiger partial charge in [0.2, 0.25) is 10.0 Å². The highest BCUT2D eigenvalue weighted by atomic mass is 32.2. The van der Waals surface area contributed by atoms with Crippen LogP contribution < -0.4 is 11.1 Å². The second-order valence-corrected chi connectivity index (χ2v) is 8.28. The van der Waals surface area contributed by atoms with E-state index in [1.807, 2.05) is 6.07 Å². The van der Waals surface area contributed by atoms with E-state index in [4.69, 9.17) is 10.5 Å². The molecule has 0 unspecified atom stereocenters. The van der Waals surface area contributed by atoms with Gasteiger partial charge in [-0.25, -0.2) is 22.7 Å². The molecule has 0 bridgehead atoms. The minimum absolute atomic E-state index is 0.00719. The first-order chi connectivity index (χ1) is 10.8. The number of anilines is 1. The maximum atomic E-state index is 11.8. The van der Waals surface area contributed by atoms with Gasteiger partial charge in [0.15, 0.2) is 5.82 Å². The summed E-state index contributed by atoms with van der Waals surface area (Å²) in [5.74, 6) is 1.56. The van der Waals surface area contributed by atoms with Crippen LogP contribution in [-0.4, -0.2) is 62.2 Å². The van der Waals surface area contributed by atoms with Crippen LogP contribution in [-0.2, 0) is 21.4 Å². The molecular weight excluding hydrogens is 318 g/mol. The summed E-state index contributed by atoms with van der Waals surface area (Å²) in [5.41, 5.74) is 6.78. The molecule has 0 aliphatic heterocycles. The SMILES string of the molecule is COCc1nc(NCCS(=O)(=O)N(C)C)cc(C2CC(N)C2)n1. The van der Waals surface area contributed by atoms with Gasteiger partial charge in [0.25, 0.3) is 0 Å². The van der Waals surface area contributed by atoms with Gasteiger partial charge in [-0.1, -0.05) is 0 Å². The monoisotopic (exact) mass is 343 g/mol. The van der Waals surface area contributed by atoms with Crippen molar-refractivity contribution in [3.63, 3.8) is 0 Å². The summed E-state index contributed by atoms with van der Waals surface area (Å²) in [6.45, 7) is 0.602. The first kappa shape index (κ1) is 18.1. The van der Waals surface area contributed by atoms with Crippen molar-refractivity contribution in [3.05, 3.63) is 17.6 Å². The fraction of sp³-hybridized carbons (Fsp3) is 0.714. The van der Waals surface area contributed by atoms with Crippen LogP contribution in [0.2, 0.25) is 0 Å². The molecule has 9 heteroatoms. The van der Waals surface area contributed by atoms with Crippen LogP contribution in [0.4, 0.5) is 5.82 Å². The summed E-state index contributed by atoms with van der Waals surface area (Å²) in [6.07, 6.45) is 1.83. The summed E-state index contributed by atoms with van der Waals surface area (Å²) in [4.78, 5) is 8.87. The van der Waals surface area contributed by atoms with Crippen molar-refractivity contribution in [2.45, 2.75) is 31.4 Å². The molecule has 2 rings (SSSR count). The third-order valence-electron chi connectivity index (χ3n) is 3.88. The summed E-state index contributed by atoms with van der Waals surface area (Å²) in [5, 5.41) is 3.07. The normalized spacial score (nSPS) is 21.3. The molecule has 0 saturated heterocycles. The fourth-order valence-electron chi connectivity index (χ4n) is 2.41. The lowest BCUT2D eigenvalue weighted by Crippen LogP contribution is -2.35. The molecule has 23 heavy (non-hydrogen) atoms. The Balaban J connectivity index is 2.05. The first-order valence-corrected chi connectivity index (χ1v) is 9.19. The fourth-order valence-corrected chi connectivity index (χ4v) is 3.13. The minimum Gasteiger partial charge on any atom is -0.377 e. The van der Waals surface area contributed by atoms with Gasteiger partial charge in [-0.15, -0.1) is 0 Å². The average molecular weight is 343 g/mol. The third-order valence-corrected chi connectivity index (χ3v) is 5.71. The van der Waals surface area contributed by atoms with Crippen molar-refractivity contribution in [2.75, 3.05) is 38.8 Å². The Hall–Kier alpha value is -1.29. The number of nitrogens with zero attached hydrogens (tertiary/aromatic N) is 3. The van der Waals surface area contributed by atoms with E-state index in [0.29, 0.717) is 24.2 Å². The van der Waals surface area contributed by atoms with E-state index in [9.17, 15) is 8.42 Å². The number of methoxy groups -OCH3 is 1.